The number of methoxy groups -OCH3 is 1. The van der Waals surface area contributed by atoms with Gasteiger partial charge in [-0.3, -0.25) is 10.1 Å². The number of hydrogen-bond acceptors (Lipinski definition) is 4. The Morgan fingerprint density at radius 1 is 1.18 bits per heavy atom. The molecule has 0 fully saturated rings. The molecule has 22 heavy (non-hydrogen) atoms. The van der Waals surface area contributed by atoms with E-state index in [0.717, 1.165) is 0 Å². The number of nitro benzene ring substituents is 1. The van der Waals surface area contributed by atoms with Crippen molar-refractivity contribution in [3.8, 4) is 5.75 Å². The molecule has 0 unspecified atom stereocenters. The van der Waals surface area contributed by atoms with E-state index >= 15 is 0 Å². The van der Waals surface area contributed by atoms with E-state index in [1.165, 1.54) is 31.4 Å². The van der Waals surface area contributed by atoms with E-state index in [0.29, 0.717) is 11.3 Å². The van der Waals surface area contributed by atoms with Crippen LogP contribution in [0.3, 0.4) is 0 Å². The van der Waals surface area contributed by atoms with Crippen LogP contribution in [0.4, 0.5) is 5.69 Å². The number of hydrogen-bond donors (Lipinski definition) is 1. The minimum absolute atomic E-state index is 0.0771. The molecule has 0 amide bonds. The first-order chi connectivity index (χ1) is 10.5. The number of carboxylic acids is 1. The molecule has 0 heterocycles. The van der Waals surface area contributed by atoms with Crippen molar-refractivity contribution in [2.45, 2.75) is 0 Å². The first-order valence-corrected chi connectivity index (χ1v) is 6.36. The molecule has 6 nitrogen and oxygen atoms in total. The summed E-state index contributed by atoms with van der Waals surface area (Å²) in [5, 5.41) is 20.5. The Hall–Kier alpha value is -3.15. The highest BCUT2D eigenvalue weighted by Crippen LogP contribution is 2.30. The Kier molecular flexibility index (Phi) is 4.53. The molecule has 2 aromatic rings. The highest BCUT2D eigenvalue weighted by Gasteiger charge is 2.18. The van der Waals surface area contributed by atoms with E-state index in [-0.39, 0.29) is 16.8 Å². The van der Waals surface area contributed by atoms with Crippen molar-refractivity contribution in [2.24, 2.45) is 0 Å². The molecule has 112 valence electrons. The zero-order chi connectivity index (χ0) is 16.1. The van der Waals surface area contributed by atoms with Crippen molar-refractivity contribution >= 4 is 23.3 Å². The van der Waals surface area contributed by atoms with Gasteiger partial charge >= 0.3 is 5.97 Å². The standard InChI is InChI=1S/C16H13NO5/c1-22-15-9-5-3-7-12(15)13(16(18)19)10-11-6-2-4-8-14(11)17(20)21/h2-10H,1H3,(H,18,19). The largest absolute Gasteiger partial charge is 0.496 e. The first kappa shape index (κ1) is 15.2. The number of benzene rings is 2. The zero-order valence-electron chi connectivity index (χ0n) is 11.7. The Bertz CT molecular complexity index is 752. The minimum atomic E-state index is -1.19. The van der Waals surface area contributed by atoms with Crippen LogP contribution in [0.15, 0.2) is 48.5 Å². The van der Waals surface area contributed by atoms with Crippen molar-refractivity contribution in [2.75, 3.05) is 7.11 Å². The van der Waals surface area contributed by atoms with Gasteiger partial charge in [-0.1, -0.05) is 30.3 Å². The fourth-order valence-electron chi connectivity index (χ4n) is 2.05. The van der Waals surface area contributed by atoms with Crippen LogP contribution in [0.1, 0.15) is 11.1 Å². The predicted molar refractivity (Wildman–Crippen MR) is 81.6 cm³/mol. The highest BCUT2D eigenvalue weighted by atomic mass is 16.6. The number of carboxylic acid groups (broad SMARTS) is 1. The van der Waals surface area contributed by atoms with E-state index < -0.39 is 10.9 Å². The summed E-state index contributed by atoms with van der Waals surface area (Å²) in [5.74, 6) is -0.808. The van der Waals surface area contributed by atoms with E-state index in [1.54, 1.807) is 30.3 Å². The zero-order valence-corrected chi connectivity index (χ0v) is 11.7. The van der Waals surface area contributed by atoms with Gasteiger partial charge < -0.3 is 9.84 Å². The SMILES string of the molecule is COc1ccccc1C(=Cc1ccccc1[N+](=O)[O-])C(=O)O. The van der Waals surface area contributed by atoms with Gasteiger partial charge in [-0.05, 0) is 18.2 Å². The van der Waals surface area contributed by atoms with Crippen LogP contribution in [-0.2, 0) is 4.79 Å². The third-order valence-corrected chi connectivity index (χ3v) is 3.06. The normalized spacial score (nSPS) is 11.0. The number of nitro groups is 1. The summed E-state index contributed by atoms with van der Waals surface area (Å²) < 4.78 is 5.15. The van der Waals surface area contributed by atoms with E-state index in [2.05, 4.69) is 0 Å². The van der Waals surface area contributed by atoms with Gasteiger partial charge in [0.05, 0.1) is 23.2 Å². The van der Waals surface area contributed by atoms with E-state index in [1.807, 2.05) is 0 Å². The monoisotopic (exact) mass is 299 g/mol. The lowest BCUT2D eigenvalue weighted by Gasteiger charge is -2.09. The number of carbonyl (C=O) groups is 1. The smallest absolute Gasteiger partial charge is 0.336 e. The lowest BCUT2D eigenvalue weighted by molar-refractivity contribution is -0.385. The molecule has 1 N–H and O–H groups in total. The van der Waals surface area contributed by atoms with Crippen LogP contribution >= 0.6 is 0 Å². The molecule has 0 aromatic heterocycles. The summed E-state index contributed by atoms with van der Waals surface area (Å²) in [6.45, 7) is 0. The minimum Gasteiger partial charge on any atom is -0.496 e. The van der Waals surface area contributed by atoms with Crippen molar-refractivity contribution in [1.82, 2.24) is 0 Å². The number of rotatable bonds is 5. The Morgan fingerprint density at radius 3 is 2.45 bits per heavy atom. The van der Waals surface area contributed by atoms with Gasteiger partial charge in [0.2, 0.25) is 0 Å². The molecule has 0 aliphatic heterocycles. The van der Waals surface area contributed by atoms with Crippen LogP contribution < -0.4 is 4.74 Å². The summed E-state index contributed by atoms with van der Waals surface area (Å²) >= 11 is 0. The molecule has 0 spiro atoms. The Balaban J connectivity index is 2.63. The van der Waals surface area contributed by atoms with Crippen LogP contribution in [-0.4, -0.2) is 23.1 Å². The summed E-state index contributed by atoms with van der Waals surface area (Å²) in [6, 6.07) is 12.6. The second-order valence-electron chi connectivity index (χ2n) is 4.38. The third kappa shape index (κ3) is 3.12. The summed E-state index contributed by atoms with van der Waals surface area (Å²) in [6.07, 6.45) is 1.28. The van der Waals surface area contributed by atoms with Gasteiger partial charge in [-0.2, -0.15) is 0 Å². The van der Waals surface area contributed by atoms with Gasteiger partial charge in [-0.15, -0.1) is 0 Å². The quantitative estimate of drug-likeness (QED) is 0.396. The van der Waals surface area contributed by atoms with Gasteiger partial charge in [-0.25, -0.2) is 4.79 Å². The lowest BCUT2D eigenvalue weighted by Crippen LogP contribution is -2.02. The average molecular weight is 299 g/mol. The molecule has 0 saturated heterocycles. The summed E-state index contributed by atoms with van der Waals surface area (Å²) in [7, 11) is 1.43. The van der Waals surface area contributed by atoms with Crippen molar-refractivity contribution in [3.63, 3.8) is 0 Å². The molecule has 2 rings (SSSR count). The van der Waals surface area contributed by atoms with Gasteiger partial charge in [0, 0.05) is 11.6 Å². The predicted octanol–water partition coefficient (Wildman–Crippen LogP) is 3.23. The second-order valence-corrected chi connectivity index (χ2v) is 4.38. The summed E-state index contributed by atoms with van der Waals surface area (Å²) in [4.78, 5) is 22.0. The fourth-order valence-corrected chi connectivity index (χ4v) is 2.05. The Morgan fingerprint density at radius 2 is 1.82 bits per heavy atom. The van der Waals surface area contributed by atoms with Crippen LogP contribution in [0.2, 0.25) is 0 Å². The van der Waals surface area contributed by atoms with Crippen molar-refractivity contribution in [3.05, 3.63) is 69.8 Å². The van der Waals surface area contributed by atoms with E-state index in [9.17, 15) is 20.0 Å². The molecular weight excluding hydrogens is 286 g/mol. The molecular formula is C16H13NO5. The molecule has 0 aliphatic carbocycles. The number of ether oxygens (including phenoxy) is 1. The molecule has 0 radical (unpaired) electrons. The third-order valence-electron chi connectivity index (χ3n) is 3.06. The number of aliphatic carboxylic acids is 1. The lowest BCUT2D eigenvalue weighted by atomic mass is 10.0. The summed E-state index contributed by atoms with van der Waals surface area (Å²) in [5.41, 5.74) is 0.342. The van der Waals surface area contributed by atoms with Gasteiger partial charge in [0.1, 0.15) is 5.75 Å². The van der Waals surface area contributed by atoms with E-state index in [4.69, 9.17) is 4.74 Å². The molecule has 0 saturated carbocycles. The molecule has 0 bridgehead atoms. The van der Waals surface area contributed by atoms with Crippen LogP contribution in [0.25, 0.3) is 11.6 Å². The first-order valence-electron chi connectivity index (χ1n) is 6.36. The topological polar surface area (TPSA) is 89.7 Å². The number of nitrogens with zero attached hydrogens (tertiary/aromatic N) is 1. The fraction of sp³-hybridized carbons (Fsp3) is 0.0625. The van der Waals surface area contributed by atoms with Gasteiger partial charge in [0.25, 0.3) is 5.69 Å². The maximum absolute atomic E-state index is 11.6. The molecule has 2 aromatic carbocycles. The van der Waals surface area contributed by atoms with Crippen LogP contribution in [0.5, 0.6) is 5.75 Å². The second kappa shape index (κ2) is 6.53. The van der Waals surface area contributed by atoms with Crippen molar-refractivity contribution in [1.29, 1.82) is 0 Å². The molecule has 0 atom stereocenters. The molecule has 0 aliphatic rings. The highest BCUT2D eigenvalue weighted by molar-refractivity contribution is 6.21. The van der Waals surface area contributed by atoms with Gasteiger partial charge in [0.15, 0.2) is 0 Å². The maximum Gasteiger partial charge on any atom is 0.336 e. The van der Waals surface area contributed by atoms with Crippen molar-refractivity contribution < 1.29 is 19.6 Å². The average Bonchev–Trinajstić information content (AvgIpc) is 2.52. The van der Waals surface area contributed by atoms with Crippen LogP contribution in [0, 0.1) is 10.1 Å². The Labute approximate surface area is 126 Å². The maximum atomic E-state index is 11.6. The molecule has 6 heteroatoms. The number of para-hydroxylation sites is 2.